The number of nitro benzene ring substituents is 1. The minimum Gasteiger partial charge on any atom is -0.383 e. The number of aromatic nitrogens is 2. The maximum atomic E-state index is 10.8. The largest absolute Gasteiger partial charge is 0.383 e. The molecule has 174 valence electrons. The lowest BCUT2D eigenvalue weighted by atomic mass is 9.97. The van der Waals surface area contributed by atoms with E-state index in [9.17, 15) is 10.1 Å². The second-order valence-corrected chi connectivity index (χ2v) is 9.51. The van der Waals surface area contributed by atoms with Gasteiger partial charge in [-0.25, -0.2) is 9.97 Å². The summed E-state index contributed by atoms with van der Waals surface area (Å²) >= 11 is 1.82. The zero-order valence-electron chi connectivity index (χ0n) is 18.5. The van der Waals surface area contributed by atoms with Gasteiger partial charge in [-0.05, 0) is 43.4 Å². The van der Waals surface area contributed by atoms with Crippen molar-refractivity contribution in [1.29, 1.82) is 0 Å². The van der Waals surface area contributed by atoms with E-state index >= 15 is 0 Å². The van der Waals surface area contributed by atoms with Crippen LogP contribution in [-0.4, -0.2) is 59.2 Å². The molecule has 0 atom stereocenters. The third kappa shape index (κ3) is 5.07. The fraction of sp³-hybridized carbons (Fsp3) is 0.478. The van der Waals surface area contributed by atoms with Gasteiger partial charge < -0.3 is 15.4 Å². The summed E-state index contributed by atoms with van der Waals surface area (Å²) in [5.41, 5.74) is 2.37. The number of ether oxygens (including phenoxy) is 1. The number of fused-ring (bicyclic) bond motifs is 3. The normalized spacial score (nSPS) is 16.5. The van der Waals surface area contributed by atoms with Gasteiger partial charge in [0, 0.05) is 48.9 Å². The molecular weight excluding hydrogens is 440 g/mol. The zero-order chi connectivity index (χ0) is 22.6. The Bertz CT molecular complexity index is 1130. The van der Waals surface area contributed by atoms with Crippen molar-refractivity contribution in [2.75, 3.05) is 50.0 Å². The van der Waals surface area contributed by atoms with Crippen molar-refractivity contribution in [1.82, 2.24) is 14.9 Å². The number of benzene rings is 1. The lowest BCUT2D eigenvalue weighted by Gasteiger charge is -2.25. The highest BCUT2D eigenvalue weighted by Crippen LogP contribution is 2.38. The number of morpholine rings is 1. The van der Waals surface area contributed by atoms with Crippen LogP contribution in [0.4, 0.5) is 17.2 Å². The van der Waals surface area contributed by atoms with E-state index in [-0.39, 0.29) is 10.6 Å². The van der Waals surface area contributed by atoms with Crippen molar-refractivity contribution in [2.45, 2.75) is 32.2 Å². The summed E-state index contributed by atoms with van der Waals surface area (Å²) in [7, 11) is 0. The average Bonchev–Trinajstić information content (AvgIpc) is 3.21. The Balaban J connectivity index is 1.31. The molecule has 0 radical (unpaired) electrons. The second kappa shape index (κ2) is 9.98. The van der Waals surface area contributed by atoms with E-state index in [0.29, 0.717) is 13.1 Å². The summed E-state index contributed by atoms with van der Waals surface area (Å²) in [6.45, 7) is 5.43. The molecule has 2 N–H and O–H groups in total. The van der Waals surface area contributed by atoms with Crippen LogP contribution in [0.3, 0.4) is 0 Å². The average molecular weight is 469 g/mol. The molecule has 5 rings (SSSR count). The molecular formula is C23H28N6O3S. The Hall–Kier alpha value is -2.82. The molecule has 1 saturated heterocycles. The molecule has 0 spiro atoms. The topological polar surface area (TPSA) is 105 Å². The van der Waals surface area contributed by atoms with Gasteiger partial charge in [0.25, 0.3) is 5.69 Å². The van der Waals surface area contributed by atoms with Crippen molar-refractivity contribution in [3.05, 3.63) is 50.6 Å². The van der Waals surface area contributed by atoms with Crippen LogP contribution < -0.4 is 10.6 Å². The molecule has 0 saturated carbocycles. The van der Waals surface area contributed by atoms with E-state index in [4.69, 9.17) is 14.7 Å². The van der Waals surface area contributed by atoms with E-state index in [1.165, 1.54) is 40.8 Å². The summed E-state index contributed by atoms with van der Waals surface area (Å²) in [5.74, 6) is 1.78. The van der Waals surface area contributed by atoms with Gasteiger partial charge >= 0.3 is 0 Å². The van der Waals surface area contributed by atoms with Crippen molar-refractivity contribution in [2.24, 2.45) is 0 Å². The Morgan fingerprint density at radius 3 is 2.61 bits per heavy atom. The monoisotopic (exact) mass is 468 g/mol. The third-order valence-electron chi connectivity index (χ3n) is 6.15. The first-order chi connectivity index (χ1) is 16.2. The van der Waals surface area contributed by atoms with Gasteiger partial charge in [0.1, 0.15) is 16.5 Å². The van der Waals surface area contributed by atoms with Crippen LogP contribution in [0.5, 0.6) is 0 Å². The minimum absolute atomic E-state index is 0.0945. The quantitative estimate of drug-likeness (QED) is 0.292. The molecule has 1 fully saturated rings. The van der Waals surface area contributed by atoms with Crippen LogP contribution in [0, 0.1) is 10.1 Å². The van der Waals surface area contributed by atoms with Gasteiger partial charge in [-0.15, -0.1) is 11.3 Å². The molecule has 1 aliphatic heterocycles. The SMILES string of the molecule is O=[N+]([O-])c1ccc(NCCNc2nc(CN3CCOCC3)nc3sc4c(c23)CCCC4)cc1. The molecule has 9 nitrogen and oxygen atoms in total. The number of hydrogen-bond acceptors (Lipinski definition) is 9. The predicted molar refractivity (Wildman–Crippen MR) is 130 cm³/mol. The number of nitro groups is 1. The predicted octanol–water partition coefficient (Wildman–Crippen LogP) is 3.83. The van der Waals surface area contributed by atoms with Gasteiger partial charge in [0.15, 0.2) is 0 Å². The number of non-ortho nitro benzene ring substituents is 1. The summed E-state index contributed by atoms with van der Waals surface area (Å²) in [5, 5.41) is 18.9. The van der Waals surface area contributed by atoms with Gasteiger partial charge in [0.05, 0.1) is 30.1 Å². The minimum atomic E-state index is -0.387. The van der Waals surface area contributed by atoms with Crippen LogP contribution in [0.15, 0.2) is 24.3 Å². The van der Waals surface area contributed by atoms with Crippen LogP contribution in [0.2, 0.25) is 0 Å². The first kappa shape index (κ1) is 22.0. The van der Waals surface area contributed by atoms with Crippen molar-refractivity contribution in [3.8, 4) is 0 Å². The Morgan fingerprint density at radius 2 is 1.82 bits per heavy atom. The zero-order valence-corrected chi connectivity index (χ0v) is 19.3. The van der Waals surface area contributed by atoms with Crippen LogP contribution in [0.1, 0.15) is 29.1 Å². The Labute approximate surface area is 196 Å². The standard InChI is InChI=1S/C23H28N6O3S/c30-29(31)17-7-5-16(6-8-17)24-9-10-25-22-21-18-3-1-2-4-19(18)33-23(21)27-20(26-22)15-28-11-13-32-14-12-28/h5-8,24H,1-4,9-15H2,(H,25,26,27). The maximum Gasteiger partial charge on any atom is 0.269 e. The fourth-order valence-electron chi connectivity index (χ4n) is 4.45. The molecule has 0 unspecified atom stereocenters. The van der Waals surface area contributed by atoms with E-state index in [2.05, 4.69) is 15.5 Å². The van der Waals surface area contributed by atoms with Crippen LogP contribution >= 0.6 is 11.3 Å². The highest BCUT2D eigenvalue weighted by molar-refractivity contribution is 7.19. The number of aryl methyl sites for hydroxylation is 2. The summed E-state index contributed by atoms with van der Waals surface area (Å²) in [6.07, 6.45) is 4.69. The molecule has 2 aromatic heterocycles. The number of thiophene rings is 1. The van der Waals surface area contributed by atoms with E-state index in [0.717, 1.165) is 67.8 Å². The summed E-state index contributed by atoms with van der Waals surface area (Å²) < 4.78 is 5.47. The lowest BCUT2D eigenvalue weighted by Crippen LogP contribution is -2.36. The van der Waals surface area contributed by atoms with E-state index in [1.807, 2.05) is 11.3 Å². The Kier molecular flexibility index (Phi) is 6.65. The molecule has 1 aromatic carbocycles. The smallest absolute Gasteiger partial charge is 0.269 e. The first-order valence-electron chi connectivity index (χ1n) is 11.5. The molecule has 33 heavy (non-hydrogen) atoms. The number of nitrogens with one attached hydrogen (secondary N) is 2. The second-order valence-electron chi connectivity index (χ2n) is 8.43. The summed E-state index contributed by atoms with van der Waals surface area (Å²) in [6, 6.07) is 6.49. The molecule has 1 aliphatic carbocycles. The van der Waals surface area contributed by atoms with Crippen LogP contribution in [-0.2, 0) is 24.1 Å². The summed E-state index contributed by atoms with van der Waals surface area (Å²) in [4.78, 5) is 25.2. The van der Waals surface area contributed by atoms with Crippen molar-refractivity contribution < 1.29 is 9.66 Å². The molecule has 10 heteroatoms. The highest BCUT2D eigenvalue weighted by Gasteiger charge is 2.22. The molecule has 0 amide bonds. The van der Waals surface area contributed by atoms with Gasteiger partial charge in [-0.1, -0.05) is 0 Å². The van der Waals surface area contributed by atoms with Crippen LogP contribution in [0.25, 0.3) is 10.2 Å². The number of hydrogen-bond donors (Lipinski definition) is 2. The number of anilines is 2. The number of nitrogens with zero attached hydrogens (tertiary/aromatic N) is 4. The van der Waals surface area contributed by atoms with E-state index < -0.39 is 0 Å². The molecule has 0 bridgehead atoms. The highest BCUT2D eigenvalue weighted by atomic mass is 32.1. The van der Waals surface area contributed by atoms with Crippen molar-refractivity contribution in [3.63, 3.8) is 0 Å². The Morgan fingerprint density at radius 1 is 1.06 bits per heavy atom. The van der Waals surface area contributed by atoms with Gasteiger partial charge in [-0.3, -0.25) is 15.0 Å². The number of rotatable bonds is 8. The molecule has 3 heterocycles. The third-order valence-corrected chi connectivity index (χ3v) is 7.34. The lowest BCUT2D eigenvalue weighted by molar-refractivity contribution is -0.384. The molecule has 2 aliphatic rings. The fourth-order valence-corrected chi connectivity index (χ4v) is 5.73. The maximum absolute atomic E-state index is 10.8. The van der Waals surface area contributed by atoms with Gasteiger partial charge in [0.2, 0.25) is 0 Å². The van der Waals surface area contributed by atoms with Gasteiger partial charge in [-0.2, -0.15) is 0 Å². The van der Waals surface area contributed by atoms with E-state index in [1.54, 1.807) is 12.1 Å². The van der Waals surface area contributed by atoms with Crippen molar-refractivity contribution >= 4 is 38.7 Å². The molecule has 3 aromatic rings. The first-order valence-corrected chi connectivity index (χ1v) is 12.3.